The first-order valence-electron chi connectivity index (χ1n) is 4.07. The molecule has 0 spiro atoms. The van der Waals surface area contributed by atoms with Crippen molar-refractivity contribution in [2.24, 2.45) is 0 Å². The Morgan fingerprint density at radius 2 is 2.45 bits per heavy atom. The van der Waals surface area contributed by atoms with E-state index in [0.29, 0.717) is 13.0 Å². The zero-order chi connectivity index (χ0) is 8.10. The van der Waals surface area contributed by atoms with Crippen molar-refractivity contribution in [3.63, 3.8) is 0 Å². The van der Waals surface area contributed by atoms with Gasteiger partial charge in [-0.05, 0) is 6.42 Å². The van der Waals surface area contributed by atoms with E-state index in [0.717, 1.165) is 19.1 Å². The van der Waals surface area contributed by atoms with Crippen molar-refractivity contribution in [1.82, 2.24) is 0 Å². The summed E-state index contributed by atoms with van der Waals surface area (Å²) in [4.78, 5) is 10.1. The van der Waals surface area contributed by atoms with Gasteiger partial charge in [-0.2, -0.15) is 0 Å². The highest BCUT2D eigenvalue weighted by atomic mass is 16.7. The van der Waals surface area contributed by atoms with Gasteiger partial charge in [0.2, 0.25) is 0 Å². The SMILES string of the molecule is CCC[C@@H]1OC[C@@H](CC=O)O1. The highest BCUT2D eigenvalue weighted by molar-refractivity contribution is 5.50. The van der Waals surface area contributed by atoms with E-state index in [1.807, 2.05) is 0 Å². The third kappa shape index (κ3) is 2.60. The number of carbonyl (C=O) groups is 1. The van der Waals surface area contributed by atoms with Gasteiger partial charge >= 0.3 is 0 Å². The van der Waals surface area contributed by atoms with Crippen LogP contribution in [-0.4, -0.2) is 25.3 Å². The Labute approximate surface area is 66.7 Å². The van der Waals surface area contributed by atoms with Gasteiger partial charge in [-0.15, -0.1) is 0 Å². The minimum atomic E-state index is -0.0649. The summed E-state index contributed by atoms with van der Waals surface area (Å²) in [6.07, 6.45) is 3.25. The van der Waals surface area contributed by atoms with Gasteiger partial charge in [0.05, 0.1) is 12.7 Å². The van der Waals surface area contributed by atoms with Crippen molar-refractivity contribution >= 4 is 6.29 Å². The van der Waals surface area contributed by atoms with Gasteiger partial charge in [-0.25, -0.2) is 0 Å². The van der Waals surface area contributed by atoms with Gasteiger partial charge in [0, 0.05) is 6.42 Å². The van der Waals surface area contributed by atoms with E-state index >= 15 is 0 Å². The number of ether oxygens (including phenoxy) is 2. The lowest BCUT2D eigenvalue weighted by molar-refractivity contribution is -0.111. The Kier molecular flexibility index (Phi) is 3.52. The summed E-state index contributed by atoms with van der Waals surface area (Å²) in [6, 6.07) is 0. The Morgan fingerprint density at radius 1 is 1.64 bits per heavy atom. The summed E-state index contributed by atoms with van der Waals surface area (Å²) in [7, 11) is 0. The first kappa shape index (κ1) is 8.68. The topological polar surface area (TPSA) is 35.5 Å². The molecular formula is C8H14O3. The van der Waals surface area contributed by atoms with E-state index < -0.39 is 0 Å². The molecule has 0 N–H and O–H groups in total. The zero-order valence-electron chi connectivity index (χ0n) is 6.79. The number of hydrogen-bond donors (Lipinski definition) is 0. The zero-order valence-corrected chi connectivity index (χ0v) is 6.79. The maximum atomic E-state index is 10.1. The van der Waals surface area contributed by atoms with Crippen LogP contribution < -0.4 is 0 Å². The molecule has 1 rings (SSSR count). The lowest BCUT2D eigenvalue weighted by Gasteiger charge is -2.07. The molecule has 0 aromatic rings. The van der Waals surface area contributed by atoms with E-state index in [4.69, 9.17) is 9.47 Å². The molecule has 3 nitrogen and oxygen atoms in total. The lowest BCUT2D eigenvalue weighted by atomic mass is 10.3. The van der Waals surface area contributed by atoms with Crippen molar-refractivity contribution < 1.29 is 14.3 Å². The summed E-state index contributed by atoms with van der Waals surface area (Å²) in [5.41, 5.74) is 0. The fourth-order valence-electron chi connectivity index (χ4n) is 1.13. The lowest BCUT2D eigenvalue weighted by Crippen LogP contribution is -2.12. The van der Waals surface area contributed by atoms with Crippen LogP contribution in [0.3, 0.4) is 0 Å². The van der Waals surface area contributed by atoms with E-state index in [-0.39, 0.29) is 12.4 Å². The predicted octanol–water partition coefficient (Wildman–Crippen LogP) is 1.12. The van der Waals surface area contributed by atoms with Gasteiger partial charge in [-0.3, -0.25) is 0 Å². The molecule has 3 heteroatoms. The largest absolute Gasteiger partial charge is 0.350 e. The van der Waals surface area contributed by atoms with Crippen LogP contribution >= 0.6 is 0 Å². The molecule has 0 amide bonds. The average Bonchev–Trinajstić information content (AvgIpc) is 2.38. The van der Waals surface area contributed by atoms with E-state index in [1.54, 1.807) is 0 Å². The van der Waals surface area contributed by atoms with Crippen molar-refractivity contribution in [3.05, 3.63) is 0 Å². The molecule has 0 bridgehead atoms. The summed E-state index contributed by atoms with van der Waals surface area (Å²) < 4.78 is 10.7. The molecule has 0 radical (unpaired) electrons. The highest BCUT2D eigenvalue weighted by Gasteiger charge is 2.24. The Balaban J connectivity index is 2.17. The third-order valence-electron chi connectivity index (χ3n) is 1.70. The molecule has 1 aliphatic rings. The van der Waals surface area contributed by atoms with Crippen molar-refractivity contribution in [2.45, 2.75) is 38.6 Å². The van der Waals surface area contributed by atoms with E-state index in [9.17, 15) is 4.79 Å². The quantitative estimate of drug-likeness (QED) is 0.575. The highest BCUT2D eigenvalue weighted by Crippen LogP contribution is 2.16. The number of hydrogen-bond acceptors (Lipinski definition) is 3. The minimum absolute atomic E-state index is 0.00375. The summed E-state index contributed by atoms with van der Waals surface area (Å²) >= 11 is 0. The smallest absolute Gasteiger partial charge is 0.158 e. The molecule has 1 aliphatic heterocycles. The van der Waals surface area contributed by atoms with Gasteiger partial charge in [0.1, 0.15) is 6.29 Å². The molecule has 0 aromatic heterocycles. The van der Waals surface area contributed by atoms with Crippen LogP contribution in [0.1, 0.15) is 26.2 Å². The summed E-state index contributed by atoms with van der Waals surface area (Å²) in [5.74, 6) is 0. The molecule has 0 unspecified atom stereocenters. The third-order valence-corrected chi connectivity index (χ3v) is 1.70. The second-order valence-electron chi connectivity index (χ2n) is 2.71. The molecule has 11 heavy (non-hydrogen) atoms. The predicted molar refractivity (Wildman–Crippen MR) is 40.2 cm³/mol. The van der Waals surface area contributed by atoms with Gasteiger partial charge in [0.25, 0.3) is 0 Å². The average molecular weight is 158 g/mol. The molecule has 64 valence electrons. The van der Waals surface area contributed by atoms with Crippen molar-refractivity contribution in [3.8, 4) is 0 Å². The molecule has 0 saturated carbocycles. The van der Waals surface area contributed by atoms with Crippen LogP contribution in [0, 0.1) is 0 Å². The minimum Gasteiger partial charge on any atom is -0.350 e. The van der Waals surface area contributed by atoms with Crippen molar-refractivity contribution in [2.75, 3.05) is 6.61 Å². The van der Waals surface area contributed by atoms with Crippen LogP contribution in [0.5, 0.6) is 0 Å². The summed E-state index contributed by atoms with van der Waals surface area (Å²) in [6.45, 7) is 2.66. The van der Waals surface area contributed by atoms with Crippen LogP contribution in [0.2, 0.25) is 0 Å². The fourth-order valence-corrected chi connectivity index (χ4v) is 1.13. The van der Waals surface area contributed by atoms with Gasteiger partial charge in [0.15, 0.2) is 6.29 Å². The molecule has 1 saturated heterocycles. The van der Waals surface area contributed by atoms with Gasteiger partial charge < -0.3 is 14.3 Å². The molecule has 0 aromatic carbocycles. The van der Waals surface area contributed by atoms with Crippen LogP contribution in [-0.2, 0) is 14.3 Å². The van der Waals surface area contributed by atoms with Crippen LogP contribution in [0.25, 0.3) is 0 Å². The number of carbonyl (C=O) groups excluding carboxylic acids is 1. The first-order chi connectivity index (χ1) is 5.36. The van der Waals surface area contributed by atoms with E-state index in [1.165, 1.54) is 0 Å². The maximum absolute atomic E-state index is 10.1. The number of rotatable bonds is 4. The second-order valence-corrected chi connectivity index (χ2v) is 2.71. The fraction of sp³-hybridized carbons (Fsp3) is 0.875. The molecule has 0 aliphatic carbocycles. The van der Waals surface area contributed by atoms with Crippen LogP contribution in [0.15, 0.2) is 0 Å². The molecular weight excluding hydrogens is 144 g/mol. The summed E-state index contributed by atoms with van der Waals surface area (Å²) in [5, 5.41) is 0. The molecule has 1 fully saturated rings. The Bertz CT molecular complexity index is 125. The van der Waals surface area contributed by atoms with Gasteiger partial charge in [-0.1, -0.05) is 13.3 Å². The second kappa shape index (κ2) is 4.46. The van der Waals surface area contributed by atoms with Crippen molar-refractivity contribution in [1.29, 1.82) is 0 Å². The Hall–Kier alpha value is -0.410. The standard InChI is InChI=1S/C8H14O3/c1-2-3-8-10-6-7(11-8)4-5-9/h5,7-8H,2-4,6H2,1H3/t7-,8-/m1/s1. The van der Waals surface area contributed by atoms with Crippen LogP contribution in [0.4, 0.5) is 0 Å². The molecule has 2 atom stereocenters. The maximum Gasteiger partial charge on any atom is 0.158 e. The Morgan fingerprint density at radius 3 is 3.09 bits per heavy atom. The van der Waals surface area contributed by atoms with E-state index in [2.05, 4.69) is 6.92 Å². The normalized spacial score (nSPS) is 30.6. The molecule has 1 heterocycles. The number of aldehydes is 1. The first-order valence-corrected chi connectivity index (χ1v) is 4.07. The monoisotopic (exact) mass is 158 g/mol.